The molecule has 6 nitrogen and oxygen atoms in total. The number of hydrogen-bond donors (Lipinski definition) is 2. The van der Waals surface area contributed by atoms with E-state index in [0.29, 0.717) is 23.5 Å². The number of carbonyl (C=O) groups is 2. The lowest BCUT2D eigenvalue weighted by molar-refractivity contribution is -0.120. The van der Waals surface area contributed by atoms with Gasteiger partial charge in [0.2, 0.25) is 11.8 Å². The highest BCUT2D eigenvalue weighted by Gasteiger charge is 2.23. The maximum absolute atomic E-state index is 12.4. The predicted molar refractivity (Wildman–Crippen MR) is 111 cm³/mol. The van der Waals surface area contributed by atoms with Crippen molar-refractivity contribution >= 4 is 28.2 Å². The van der Waals surface area contributed by atoms with E-state index in [2.05, 4.69) is 11.4 Å². The van der Waals surface area contributed by atoms with Crippen LogP contribution in [0.1, 0.15) is 67.4 Å². The van der Waals surface area contributed by atoms with Crippen molar-refractivity contribution in [1.29, 1.82) is 5.26 Å². The number of fused-ring (bicyclic) bond motifs is 1. The highest BCUT2D eigenvalue weighted by molar-refractivity contribution is 7.16. The SMILES string of the molecule is N#Cc1c(NC(=O)CCN(CCC2CCCCC2)CC(N)=O)sc2c1CCC2. The van der Waals surface area contributed by atoms with E-state index >= 15 is 0 Å². The number of rotatable bonds is 9. The topological polar surface area (TPSA) is 99.2 Å². The van der Waals surface area contributed by atoms with Crippen LogP contribution in [0.25, 0.3) is 0 Å². The van der Waals surface area contributed by atoms with Crippen molar-refractivity contribution in [3.05, 3.63) is 16.0 Å². The highest BCUT2D eigenvalue weighted by Crippen LogP contribution is 2.38. The smallest absolute Gasteiger partial charge is 0.231 e. The average Bonchev–Trinajstić information content (AvgIpc) is 3.25. The van der Waals surface area contributed by atoms with Gasteiger partial charge in [-0.3, -0.25) is 14.5 Å². The third kappa shape index (κ3) is 5.55. The molecule has 0 radical (unpaired) electrons. The second-order valence-electron chi connectivity index (χ2n) is 8.01. The second-order valence-corrected chi connectivity index (χ2v) is 9.11. The Morgan fingerprint density at radius 2 is 1.96 bits per heavy atom. The van der Waals surface area contributed by atoms with Crippen LogP contribution in [0.3, 0.4) is 0 Å². The number of nitriles is 1. The molecule has 1 aromatic rings. The summed E-state index contributed by atoms with van der Waals surface area (Å²) >= 11 is 1.53. The van der Waals surface area contributed by atoms with E-state index in [1.807, 2.05) is 4.90 Å². The molecular weight excluding hydrogens is 372 g/mol. The normalized spacial score (nSPS) is 16.7. The number of nitrogens with one attached hydrogen (secondary N) is 1. The first-order valence-electron chi connectivity index (χ1n) is 10.4. The number of hydrogen-bond acceptors (Lipinski definition) is 5. The van der Waals surface area contributed by atoms with E-state index in [9.17, 15) is 14.9 Å². The Morgan fingerprint density at radius 1 is 1.18 bits per heavy atom. The van der Waals surface area contributed by atoms with Crippen molar-refractivity contribution in [2.75, 3.05) is 25.0 Å². The number of aryl methyl sites for hydroxylation is 1. The van der Waals surface area contributed by atoms with Crippen molar-refractivity contribution < 1.29 is 9.59 Å². The average molecular weight is 403 g/mol. The first-order valence-corrected chi connectivity index (χ1v) is 11.2. The molecule has 0 saturated heterocycles. The van der Waals surface area contributed by atoms with Gasteiger partial charge in [-0.2, -0.15) is 5.26 Å². The van der Waals surface area contributed by atoms with Crippen LogP contribution in [0, 0.1) is 17.2 Å². The van der Waals surface area contributed by atoms with E-state index in [1.54, 1.807) is 0 Å². The lowest BCUT2D eigenvalue weighted by atomic mass is 9.87. The monoisotopic (exact) mass is 402 g/mol. The Hall–Kier alpha value is -1.91. The summed E-state index contributed by atoms with van der Waals surface area (Å²) in [6.07, 6.45) is 10.8. The van der Waals surface area contributed by atoms with Gasteiger partial charge in [0, 0.05) is 17.8 Å². The van der Waals surface area contributed by atoms with Crippen molar-refractivity contribution in [2.45, 2.75) is 64.2 Å². The van der Waals surface area contributed by atoms with Gasteiger partial charge in [-0.25, -0.2) is 0 Å². The molecule has 2 aliphatic carbocycles. The molecule has 2 aliphatic rings. The molecule has 7 heteroatoms. The minimum atomic E-state index is -0.356. The molecule has 1 saturated carbocycles. The Labute approximate surface area is 171 Å². The first kappa shape index (κ1) is 20.8. The molecule has 1 aromatic heterocycles. The minimum Gasteiger partial charge on any atom is -0.369 e. The van der Waals surface area contributed by atoms with Crippen LogP contribution in [0.2, 0.25) is 0 Å². The summed E-state index contributed by atoms with van der Waals surface area (Å²) in [5, 5.41) is 13.0. The molecule has 152 valence electrons. The summed E-state index contributed by atoms with van der Waals surface area (Å²) in [4.78, 5) is 27.1. The van der Waals surface area contributed by atoms with E-state index in [4.69, 9.17) is 5.73 Å². The molecule has 0 spiro atoms. The summed E-state index contributed by atoms with van der Waals surface area (Å²) in [6.45, 7) is 1.50. The molecule has 1 heterocycles. The zero-order chi connectivity index (χ0) is 19.9. The summed E-state index contributed by atoms with van der Waals surface area (Å²) in [5.41, 5.74) is 7.15. The standard InChI is InChI=1S/C21H30N4O2S/c22-13-17-16-7-4-8-18(16)28-21(17)24-20(27)10-12-25(14-19(23)26)11-9-15-5-2-1-3-6-15/h15H,1-12,14H2,(H2,23,26)(H,24,27). The van der Waals surface area contributed by atoms with Gasteiger partial charge in [-0.1, -0.05) is 32.1 Å². The fourth-order valence-electron chi connectivity index (χ4n) is 4.39. The van der Waals surface area contributed by atoms with Crippen LogP contribution < -0.4 is 11.1 Å². The highest BCUT2D eigenvalue weighted by atomic mass is 32.1. The quantitative estimate of drug-likeness (QED) is 0.662. The number of nitrogens with two attached hydrogens (primary N) is 1. The maximum atomic E-state index is 12.4. The Bertz CT molecular complexity index is 746. The fourth-order valence-corrected chi connectivity index (χ4v) is 5.65. The Kier molecular flexibility index (Phi) is 7.46. The molecular formula is C21H30N4O2S. The van der Waals surface area contributed by atoms with E-state index < -0.39 is 0 Å². The summed E-state index contributed by atoms with van der Waals surface area (Å²) < 4.78 is 0. The zero-order valence-corrected chi connectivity index (χ0v) is 17.3. The predicted octanol–water partition coefficient (Wildman–Crippen LogP) is 3.19. The van der Waals surface area contributed by atoms with Crippen molar-refractivity contribution in [2.24, 2.45) is 11.7 Å². The number of anilines is 1. The van der Waals surface area contributed by atoms with Crippen molar-refractivity contribution in [3.63, 3.8) is 0 Å². The molecule has 2 amide bonds. The van der Waals surface area contributed by atoms with Gasteiger partial charge >= 0.3 is 0 Å². The van der Waals surface area contributed by atoms with Gasteiger partial charge in [0.1, 0.15) is 11.1 Å². The molecule has 3 rings (SSSR count). The number of primary amides is 1. The van der Waals surface area contributed by atoms with E-state index in [1.165, 1.54) is 48.3 Å². The van der Waals surface area contributed by atoms with Crippen LogP contribution in [0.5, 0.6) is 0 Å². The van der Waals surface area contributed by atoms with Gasteiger partial charge < -0.3 is 11.1 Å². The summed E-state index contributed by atoms with van der Waals surface area (Å²) in [7, 11) is 0. The lowest BCUT2D eigenvalue weighted by Crippen LogP contribution is -2.37. The maximum Gasteiger partial charge on any atom is 0.231 e. The minimum absolute atomic E-state index is 0.108. The Morgan fingerprint density at radius 3 is 2.68 bits per heavy atom. The molecule has 28 heavy (non-hydrogen) atoms. The molecule has 0 unspecified atom stereocenters. The number of thiophene rings is 1. The van der Waals surface area contributed by atoms with Crippen LogP contribution in [-0.4, -0.2) is 36.3 Å². The second kappa shape index (κ2) is 10.0. The molecule has 3 N–H and O–H groups in total. The van der Waals surface area contributed by atoms with Crippen LogP contribution >= 0.6 is 11.3 Å². The molecule has 0 atom stereocenters. The number of nitrogens with zero attached hydrogens (tertiary/aromatic N) is 2. The third-order valence-electron chi connectivity index (χ3n) is 5.90. The van der Waals surface area contributed by atoms with Gasteiger partial charge in [-0.05, 0) is 43.7 Å². The van der Waals surface area contributed by atoms with Gasteiger partial charge in [0.25, 0.3) is 0 Å². The largest absolute Gasteiger partial charge is 0.369 e. The number of amides is 2. The first-order chi connectivity index (χ1) is 13.6. The van der Waals surface area contributed by atoms with Gasteiger partial charge in [0.15, 0.2) is 0 Å². The molecule has 0 bridgehead atoms. The molecule has 0 aliphatic heterocycles. The van der Waals surface area contributed by atoms with Gasteiger partial charge in [-0.15, -0.1) is 11.3 Å². The van der Waals surface area contributed by atoms with Crippen LogP contribution in [-0.2, 0) is 22.4 Å². The third-order valence-corrected chi connectivity index (χ3v) is 7.11. The van der Waals surface area contributed by atoms with Crippen LogP contribution in [0.15, 0.2) is 0 Å². The van der Waals surface area contributed by atoms with Crippen molar-refractivity contribution in [1.82, 2.24) is 4.90 Å². The molecule has 1 fully saturated rings. The zero-order valence-electron chi connectivity index (χ0n) is 16.5. The Balaban J connectivity index is 1.50. The fraction of sp³-hybridized carbons (Fsp3) is 0.667. The summed E-state index contributed by atoms with van der Waals surface area (Å²) in [6, 6.07) is 2.25. The van der Waals surface area contributed by atoms with Crippen molar-refractivity contribution in [3.8, 4) is 6.07 Å². The van der Waals surface area contributed by atoms with Gasteiger partial charge in [0.05, 0.1) is 12.1 Å². The number of carbonyl (C=O) groups excluding carboxylic acids is 2. The lowest BCUT2D eigenvalue weighted by Gasteiger charge is -2.26. The summed E-state index contributed by atoms with van der Waals surface area (Å²) in [5.74, 6) is 0.263. The van der Waals surface area contributed by atoms with Crippen LogP contribution in [0.4, 0.5) is 5.00 Å². The van der Waals surface area contributed by atoms with E-state index in [0.717, 1.165) is 43.7 Å². The van der Waals surface area contributed by atoms with E-state index in [-0.39, 0.29) is 18.4 Å². The molecule has 0 aromatic carbocycles.